The predicted octanol–water partition coefficient (Wildman–Crippen LogP) is 4.52. The van der Waals surface area contributed by atoms with E-state index < -0.39 is 0 Å². The number of aromatic nitrogens is 2. The van der Waals surface area contributed by atoms with Crippen LogP contribution in [0, 0.1) is 11.3 Å². The van der Waals surface area contributed by atoms with Gasteiger partial charge in [0.25, 0.3) is 0 Å². The molecule has 3 aromatic rings. The quantitative estimate of drug-likeness (QED) is 0.712. The number of imidazole rings is 1. The molecule has 0 fully saturated rings. The molecule has 0 unspecified atom stereocenters. The van der Waals surface area contributed by atoms with Crippen molar-refractivity contribution >= 4 is 38.6 Å². The van der Waals surface area contributed by atoms with Gasteiger partial charge in [0.05, 0.1) is 16.1 Å². The number of hydrogen-bond donors (Lipinski definition) is 1. The van der Waals surface area contributed by atoms with Gasteiger partial charge in [0, 0.05) is 10.0 Å². The first-order valence-corrected chi connectivity index (χ1v) is 6.70. The molecule has 92 valence electrons. The molecule has 1 heterocycles. The molecule has 1 N–H and O–H groups in total. The molecule has 2 aromatic carbocycles. The summed E-state index contributed by atoms with van der Waals surface area (Å²) in [7, 11) is 0. The van der Waals surface area contributed by atoms with Crippen LogP contribution in [0.2, 0.25) is 5.02 Å². The zero-order valence-corrected chi connectivity index (χ0v) is 12.0. The van der Waals surface area contributed by atoms with Crippen LogP contribution >= 0.6 is 27.5 Å². The molecule has 0 amide bonds. The summed E-state index contributed by atoms with van der Waals surface area (Å²) in [6.45, 7) is 0. The van der Waals surface area contributed by atoms with E-state index in [9.17, 15) is 0 Å². The largest absolute Gasteiger partial charge is 0.338 e. The van der Waals surface area contributed by atoms with E-state index in [0.29, 0.717) is 21.9 Å². The third-order valence-corrected chi connectivity index (χ3v) is 3.63. The van der Waals surface area contributed by atoms with Crippen molar-refractivity contribution in [2.24, 2.45) is 0 Å². The molecule has 0 aliphatic rings. The molecule has 0 aliphatic heterocycles. The van der Waals surface area contributed by atoms with Gasteiger partial charge < -0.3 is 4.98 Å². The Hall–Kier alpha value is -1.83. The summed E-state index contributed by atoms with van der Waals surface area (Å²) in [5.74, 6) is 0.662. The van der Waals surface area contributed by atoms with Crippen molar-refractivity contribution in [1.29, 1.82) is 5.26 Å². The summed E-state index contributed by atoms with van der Waals surface area (Å²) in [5, 5.41) is 9.67. The lowest BCUT2D eigenvalue weighted by molar-refractivity contribution is 1.33. The maximum Gasteiger partial charge on any atom is 0.140 e. The Labute approximate surface area is 123 Å². The predicted molar refractivity (Wildman–Crippen MR) is 79.0 cm³/mol. The van der Waals surface area contributed by atoms with Gasteiger partial charge >= 0.3 is 0 Å². The first kappa shape index (κ1) is 12.2. The molecule has 3 nitrogen and oxygen atoms in total. The second-order valence-corrected chi connectivity index (χ2v) is 5.35. The van der Waals surface area contributed by atoms with E-state index >= 15 is 0 Å². The fourth-order valence-corrected chi connectivity index (χ4v) is 2.69. The SMILES string of the molecule is N#Cc1cccc2[nH]c(-c3ccc(Br)cc3Cl)nc12. The maximum atomic E-state index is 9.07. The topological polar surface area (TPSA) is 52.5 Å². The van der Waals surface area contributed by atoms with Crippen LogP contribution in [0.5, 0.6) is 0 Å². The molecule has 0 aliphatic carbocycles. The molecular weight excluding hydrogens is 326 g/mol. The van der Waals surface area contributed by atoms with Gasteiger partial charge in [-0.3, -0.25) is 0 Å². The van der Waals surface area contributed by atoms with Crippen LogP contribution in [-0.2, 0) is 0 Å². The number of aromatic amines is 1. The van der Waals surface area contributed by atoms with Gasteiger partial charge in [-0.25, -0.2) is 4.98 Å². The first-order valence-electron chi connectivity index (χ1n) is 5.53. The van der Waals surface area contributed by atoms with Gasteiger partial charge in [-0.1, -0.05) is 33.6 Å². The molecular formula is C14H7BrClN3. The molecule has 0 radical (unpaired) electrons. The van der Waals surface area contributed by atoms with Crippen LogP contribution in [0.15, 0.2) is 40.9 Å². The second-order valence-electron chi connectivity index (χ2n) is 4.02. The number of nitriles is 1. The molecule has 5 heteroatoms. The van der Waals surface area contributed by atoms with Crippen molar-refractivity contribution in [3.63, 3.8) is 0 Å². The Balaban J connectivity index is 2.24. The molecule has 0 saturated carbocycles. The van der Waals surface area contributed by atoms with Crippen LogP contribution in [0.25, 0.3) is 22.4 Å². The minimum Gasteiger partial charge on any atom is -0.338 e. The van der Waals surface area contributed by atoms with Crippen molar-refractivity contribution in [3.05, 3.63) is 51.5 Å². The average molecular weight is 333 g/mol. The van der Waals surface area contributed by atoms with Crippen LogP contribution in [0.4, 0.5) is 0 Å². The summed E-state index contributed by atoms with van der Waals surface area (Å²) < 4.78 is 0.912. The smallest absolute Gasteiger partial charge is 0.140 e. The fourth-order valence-electron chi connectivity index (χ4n) is 1.93. The number of benzene rings is 2. The van der Waals surface area contributed by atoms with E-state index in [4.69, 9.17) is 16.9 Å². The van der Waals surface area contributed by atoms with Gasteiger partial charge in [-0.05, 0) is 30.3 Å². The third kappa shape index (κ3) is 2.12. The molecule has 1 aromatic heterocycles. The van der Waals surface area contributed by atoms with Gasteiger partial charge in [0.1, 0.15) is 17.4 Å². The van der Waals surface area contributed by atoms with E-state index in [1.807, 2.05) is 30.3 Å². The zero-order chi connectivity index (χ0) is 13.4. The first-order chi connectivity index (χ1) is 9.19. The number of nitrogens with one attached hydrogen (secondary N) is 1. The molecule has 3 rings (SSSR count). The van der Waals surface area contributed by atoms with Crippen molar-refractivity contribution in [3.8, 4) is 17.5 Å². The number of nitrogens with zero attached hydrogens (tertiary/aromatic N) is 2. The van der Waals surface area contributed by atoms with E-state index in [1.165, 1.54) is 0 Å². The minimum absolute atomic E-state index is 0.549. The highest BCUT2D eigenvalue weighted by Gasteiger charge is 2.11. The van der Waals surface area contributed by atoms with Crippen molar-refractivity contribution in [2.75, 3.05) is 0 Å². The zero-order valence-electron chi connectivity index (χ0n) is 9.61. The Kier molecular flexibility index (Phi) is 3.02. The number of halogens is 2. The third-order valence-electron chi connectivity index (χ3n) is 2.82. The fraction of sp³-hybridized carbons (Fsp3) is 0. The number of fused-ring (bicyclic) bond motifs is 1. The Morgan fingerprint density at radius 3 is 2.84 bits per heavy atom. The highest BCUT2D eigenvalue weighted by Crippen LogP contribution is 2.30. The molecule has 0 spiro atoms. The number of rotatable bonds is 1. The maximum absolute atomic E-state index is 9.07. The minimum atomic E-state index is 0.549. The van der Waals surface area contributed by atoms with E-state index in [-0.39, 0.29) is 0 Å². The molecule has 0 saturated heterocycles. The second kappa shape index (κ2) is 4.69. The average Bonchev–Trinajstić information content (AvgIpc) is 2.81. The van der Waals surface area contributed by atoms with Gasteiger partial charge in [-0.15, -0.1) is 0 Å². The number of H-pyrrole nitrogens is 1. The van der Waals surface area contributed by atoms with Gasteiger partial charge in [-0.2, -0.15) is 5.26 Å². The number of para-hydroxylation sites is 1. The molecule has 19 heavy (non-hydrogen) atoms. The lowest BCUT2D eigenvalue weighted by atomic mass is 10.2. The normalized spacial score (nSPS) is 10.6. The van der Waals surface area contributed by atoms with E-state index in [1.54, 1.807) is 6.07 Å². The standard InChI is InChI=1S/C14H7BrClN3/c15-9-4-5-10(11(16)6-9)14-18-12-3-1-2-8(7-17)13(12)19-14/h1-6H,(H,18,19). The van der Waals surface area contributed by atoms with Crippen molar-refractivity contribution in [2.45, 2.75) is 0 Å². The summed E-state index contributed by atoms with van der Waals surface area (Å²) in [5.41, 5.74) is 2.85. The van der Waals surface area contributed by atoms with Gasteiger partial charge in [0.2, 0.25) is 0 Å². The number of hydrogen-bond acceptors (Lipinski definition) is 2. The van der Waals surface area contributed by atoms with Crippen LogP contribution in [0.3, 0.4) is 0 Å². The van der Waals surface area contributed by atoms with Crippen molar-refractivity contribution < 1.29 is 0 Å². The summed E-state index contributed by atoms with van der Waals surface area (Å²) >= 11 is 9.58. The summed E-state index contributed by atoms with van der Waals surface area (Å²) in [4.78, 5) is 7.65. The summed E-state index contributed by atoms with van der Waals surface area (Å²) in [6, 6.07) is 13.2. The highest BCUT2D eigenvalue weighted by atomic mass is 79.9. The van der Waals surface area contributed by atoms with Crippen LogP contribution in [-0.4, -0.2) is 9.97 Å². The molecule has 0 atom stereocenters. The monoisotopic (exact) mass is 331 g/mol. The Morgan fingerprint density at radius 2 is 2.11 bits per heavy atom. The lowest BCUT2D eigenvalue weighted by Crippen LogP contribution is -1.82. The van der Waals surface area contributed by atoms with Crippen LogP contribution < -0.4 is 0 Å². The van der Waals surface area contributed by atoms with Gasteiger partial charge in [0.15, 0.2) is 0 Å². The van der Waals surface area contributed by atoms with Crippen LogP contribution in [0.1, 0.15) is 5.56 Å². The Bertz CT molecular complexity index is 817. The molecule has 0 bridgehead atoms. The van der Waals surface area contributed by atoms with E-state index in [2.05, 4.69) is 32.0 Å². The summed E-state index contributed by atoms with van der Waals surface area (Å²) in [6.07, 6.45) is 0. The Morgan fingerprint density at radius 1 is 1.26 bits per heavy atom. The van der Waals surface area contributed by atoms with Crippen molar-refractivity contribution in [1.82, 2.24) is 9.97 Å². The lowest BCUT2D eigenvalue weighted by Gasteiger charge is -2.00. The van der Waals surface area contributed by atoms with E-state index in [0.717, 1.165) is 15.6 Å². The highest BCUT2D eigenvalue weighted by molar-refractivity contribution is 9.10.